The number of rotatable bonds is 3. The van der Waals surface area contributed by atoms with Gasteiger partial charge >= 0.3 is 0 Å². The van der Waals surface area contributed by atoms with Gasteiger partial charge in [0.2, 0.25) is 5.91 Å². The summed E-state index contributed by atoms with van der Waals surface area (Å²) in [5.41, 5.74) is 3.98. The minimum absolute atomic E-state index is 0.0574. The maximum absolute atomic E-state index is 11.7. The largest absolute Gasteiger partial charge is 0.330 e. The second kappa shape index (κ2) is 5.05. The molecule has 1 amide bonds. The number of hydrogen-bond donors (Lipinski definition) is 1. The first-order valence-corrected chi connectivity index (χ1v) is 6.00. The zero-order valence-electron chi connectivity index (χ0n) is 10.6. The fourth-order valence-corrected chi connectivity index (χ4v) is 2.42. The Bertz CT molecular complexity index is 525. The van der Waals surface area contributed by atoms with Crippen LogP contribution in [-0.4, -0.2) is 5.91 Å². The number of carbonyl (C=O) groups excluding carboxylic acids is 1. The van der Waals surface area contributed by atoms with E-state index in [2.05, 4.69) is 18.5 Å². The van der Waals surface area contributed by atoms with Crippen molar-refractivity contribution in [2.75, 3.05) is 0 Å². The highest BCUT2D eigenvalue weighted by molar-refractivity contribution is 5.82. The molecule has 0 saturated heterocycles. The van der Waals surface area contributed by atoms with E-state index in [4.69, 9.17) is 0 Å². The number of nitrogens with one attached hydrogen (secondary N) is 1. The van der Waals surface area contributed by atoms with Gasteiger partial charge in [0.1, 0.15) is 0 Å². The highest BCUT2D eigenvalue weighted by Crippen LogP contribution is 2.36. The van der Waals surface area contributed by atoms with Crippen LogP contribution in [0.4, 0.5) is 0 Å². The molecule has 1 aliphatic heterocycles. The Balaban J connectivity index is 2.49. The zero-order chi connectivity index (χ0) is 13.1. The van der Waals surface area contributed by atoms with E-state index in [1.54, 1.807) is 6.08 Å². The lowest BCUT2D eigenvalue weighted by Gasteiger charge is -2.28. The van der Waals surface area contributed by atoms with Gasteiger partial charge in [-0.1, -0.05) is 49.6 Å². The molecule has 92 valence electrons. The van der Waals surface area contributed by atoms with Gasteiger partial charge in [-0.2, -0.15) is 0 Å². The first kappa shape index (κ1) is 12.4. The summed E-state index contributed by atoms with van der Waals surface area (Å²) in [6, 6.07) is 10.1. The van der Waals surface area contributed by atoms with Crippen LogP contribution in [0.2, 0.25) is 0 Å². The van der Waals surface area contributed by atoms with Crippen molar-refractivity contribution in [1.29, 1.82) is 0 Å². The monoisotopic (exact) mass is 239 g/mol. The summed E-state index contributed by atoms with van der Waals surface area (Å²) in [6.45, 7) is 9.71. The summed E-state index contributed by atoms with van der Waals surface area (Å²) in [5.74, 6) is 0.132. The molecule has 1 aromatic carbocycles. The van der Waals surface area contributed by atoms with E-state index in [0.717, 1.165) is 22.4 Å². The summed E-state index contributed by atoms with van der Waals surface area (Å²) >= 11 is 0. The minimum atomic E-state index is 0.0574. The molecule has 1 atom stereocenters. The average Bonchev–Trinajstić information content (AvgIpc) is 2.38. The number of benzene rings is 1. The molecule has 2 nitrogen and oxygen atoms in total. The van der Waals surface area contributed by atoms with Crippen molar-refractivity contribution in [2.45, 2.75) is 19.3 Å². The van der Waals surface area contributed by atoms with Gasteiger partial charge in [-0.25, -0.2) is 0 Å². The van der Waals surface area contributed by atoms with Crippen LogP contribution < -0.4 is 5.32 Å². The zero-order valence-corrected chi connectivity index (χ0v) is 10.6. The fraction of sp³-hybridized carbons (Fsp3) is 0.188. The van der Waals surface area contributed by atoms with Gasteiger partial charge in [0.05, 0.1) is 0 Å². The highest BCUT2D eigenvalue weighted by atomic mass is 16.1. The molecule has 0 radical (unpaired) electrons. The van der Waals surface area contributed by atoms with Crippen molar-refractivity contribution in [3.8, 4) is 0 Å². The molecule has 0 bridgehead atoms. The van der Waals surface area contributed by atoms with E-state index in [1.165, 1.54) is 0 Å². The number of amides is 1. The predicted octanol–water partition coefficient (Wildman–Crippen LogP) is 3.31. The van der Waals surface area contributed by atoms with Gasteiger partial charge < -0.3 is 5.32 Å². The van der Waals surface area contributed by atoms with Crippen molar-refractivity contribution < 1.29 is 4.79 Å². The molecule has 0 aliphatic carbocycles. The van der Waals surface area contributed by atoms with Crippen LogP contribution in [0.5, 0.6) is 0 Å². The summed E-state index contributed by atoms with van der Waals surface area (Å²) in [6.07, 6.45) is 2.20. The molecule has 0 saturated carbocycles. The quantitative estimate of drug-likeness (QED) is 0.806. The highest BCUT2D eigenvalue weighted by Gasteiger charge is 2.27. The number of carbonyl (C=O) groups is 1. The Labute approximate surface area is 108 Å². The van der Waals surface area contributed by atoms with Crippen LogP contribution in [-0.2, 0) is 4.79 Å². The molecule has 1 heterocycles. The molecule has 0 fully saturated rings. The lowest BCUT2D eigenvalue weighted by Crippen LogP contribution is -2.31. The number of hydrogen-bond acceptors (Lipinski definition) is 1. The van der Waals surface area contributed by atoms with E-state index in [-0.39, 0.29) is 11.8 Å². The van der Waals surface area contributed by atoms with Crippen LogP contribution in [0.15, 0.2) is 66.4 Å². The average molecular weight is 239 g/mol. The minimum Gasteiger partial charge on any atom is -0.330 e. The standard InChI is InChI=1S/C16H17NO/c1-4-11(2)16-12(3)17-15(18)10-14(16)13-8-6-5-7-9-13/h4-9,14H,1-2,10H2,3H3,(H,17,18). The van der Waals surface area contributed by atoms with Crippen molar-refractivity contribution in [3.05, 3.63) is 72.0 Å². The van der Waals surface area contributed by atoms with Crippen molar-refractivity contribution in [3.63, 3.8) is 0 Å². The Morgan fingerprint density at radius 1 is 1.39 bits per heavy atom. The summed E-state index contributed by atoms with van der Waals surface area (Å²) in [7, 11) is 0. The second-order valence-corrected chi connectivity index (χ2v) is 4.48. The topological polar surface area (TPSA) is 29.1 Å². The van der Waals surface area contributed by atoms with Crippen LogP contribution in [0.3, 0.4) is 0 Å². The normalized spacial score (nSPS) is 19.4. The molecule has 1 N–H and O–H groups in total. The Hall–Kier alpha value is -2.09. The van der Waals surface area contributed by atoms with Crippen LogP contribution in [0, 0.1) is 0 Å². The third-order valence-corrected chi connectivity index (χ3v) is 3.26. The third-order valence-electron chi connectivity index (χ3n) is 3.26. The van der Waals surface area contributed by atoms with Gasteiger partial charge in [-0.05, 0) is 23.6 Å². The maximum atomic E-state index is 11.7. The van der Waals surface area contributed by atoms with E-state index >= 15 is 0 Å². The summed E-state index contributed by atoms with van der Waals surface area (Å²) in [4.78, 5) is 11.7. The molecule has 2 rings (SSSR count). The molecule has 1 aliphatic rings. The summed E-state index contributed by atoms with van der Waals surface area (Å²) < 4.78 is 0. The van der Waals surface area contributed by atoms with Crippen molar-refractivity contribution >= 4 is 5.91 Å². The van der Waals surface area contributed by atoms with Crippen LogP contribution >= 0.6 is 0 Å². The first-order chi connectivity index (χ1) is 8.63. The maximum Gasteiger partial charge on any atom is 0.225 e. The third kappa shape index (κ3) is 2.28. The van der Waals surface area contributed by atoms with E-state index in [9.17, 15) is 4.79 Å². The molecule has 1 aromatic rings. The van der Waals surface area contributed by atoms with E-state index in [1.807, 2.05) is 37.3 Å². The lowest BCUT2D eigenvalue weighted by molar-refractivity contribution is -0.121. The predicted molar refractivity (Wildman–Crippen MR) is 74.0 cm³/mol. The van der Waals surface area contributed by atoms with Crippen molar-refractivity contribution in [1.82, 2.24) is 5.32 Å². The molecule has 1 unspecified atom stereocenters. The first-order valence-electron chi connectivity index (χ1n) is 6.00. The molecule has 0 aromatic heterocycles. The molecule has 18 heavy (non-hydrogen) atoms. The second-order valence-electron chi connectivity index (χ2n) is 4.48. The Morgan fingerprint density at radius 2 is 2.06 bits per heavy atom. The Kier molecular flexibility index (Phi) is 3.47. The van der Waals surface area contributed by atoms with Gasteiger partial charge in [0.25, 0.3) is 0 Å². The van der Waals surface area contributed by atoms with Gasteiger partial charge in [0, 0.05) is 18.0 Å². The molecule has 2 heteroatoms. The van der Waals surface area contributed by atoms with Gasteiger partial charge in [-0.15, -0.1) is 0 Å². The molecular formula is C16H17NO. The van der Waals surface area contributed by atoms with Crippen molar-refractivity contribution in [2.24, 2.45) is 0 Å². The SMILES string of the molecule is C=CC(=C)C1=C(C)NC(=O)CC1c1ccccc1. The van der Waals surface area contributed by atoms with Crippen LogP contribution in [0.25, 0.3) is 0 Å². The molecular weight excluding hydrogens is 222 g/mol. The lowest BCUT2D eigenvalue weighted by atomic mass is 9.81. The Morgan fingerprint density at radius 3 is 2.67 bits per heavy atom. The molecule has 0 spiro atoms. The fourth-order valence-electron chi connectivity index (χ4n) is 2.42. The number of allylic oxidation sites excluding steroid dienone is 4. The van der Waals surface area contributed by atoms with Gasteiger partial charge in [-0.3, -0.25) is 4.79 Å². The van der Waals surface area contributed by atoms with E-state index < -0.39 is 0 Å². The van der Waals surface area contributed by atoms with Gasteiger partial charge in [0.15, 0.2) is 0 Å². The summed E-state index contributed by atoms with van der Waals surface area (Å²) in [5, 5.41) is 2.88. The van der Waals surface area contributed by atoms with E-state index in [0.29, 0.717) is 6.42 Å². The van der Waals surface area contributed by atoms with Crippen LogP contribution in [0.1, 0.15) is 24.8 Å². The smallest absolute Gasteiger partial charge is 0.225 e.